The number of ether oxygens (including phenoxy) is 1. The zero-order valence-electron chi connectivity index (χ0n) is 12.5. The van der Waals surface area contributed by atoms with Gasteiger partial charge in [-0.1, -0.05) is 15.9 Å². The van der Waals surface area contributed by atoms with Crippen LogP contribution in [0, 0.1) is 5.92 Å². The lowest BCUT2D eigenvalue weighted by Crippen LogP contribution is -2.44. The molecule has 1 aromatic carbocycles. The summed E-state index contributed by atoms with van der Waals surface area (Å²) in [7, 11) is 1.26. The van der Waals surface area contributed by atoms with Crippen LogP contribution in [-0.2, 0) is 9.53 Å². The molecule has 23 heavy (non-hydrogen) atoms. The number of nitrogens with zero attached hydrogens (tertiary/aromatic N) is 1. The van der Waals surface area contributed by atoms with Crippen molar-refractivity contribution in [1.82, 2.24) is 4.90 Å². The van der Waals surface area contributed by atoms with Gasteiger partial charge in [0.1, 0.15) is 0 Å². The number of halogens is 1. The zero-order valence-corrected chi connectivity index (χ0v) is 14.1. The predicted octanol–water partition coefficient (Wildman–Crippen LogP) is 2.56. The Balaban J connectivity index is 2.14. The second kappa shape index (κ2) is 7.45. The van der Waals surface area contributed by atoms with Crippen LogP contribution >= 0.6 is 15.9 Å². The highest BCUT2D eigenvalue weighted by atomic mass is 79.9. The molecule has 1 unspecified atom stereocenters. The van der Waals surface area contributed by atoms with E-state index in [0.717, 1.165) is 0 Å². The largest absolute Gasteiger partial charge is 0.481 e. The van der Waals surface area contributed by atoms with Gasteiger partial charge < -0.3 is 20.1 Å². The molecule has 7 nitrogen and oxygen atoms in total. The number of hydrogen-bond acceptors (Lipinski definition) is 4. The lowest BCUT2D eigenvalue weighted by molar-refractivity contribution is -0.143. The molecular formula is C15H17BrN2O5. The monoisotopic (exact) mass is 384 g/mol. The predicted molar refractivity (Wildman–Crippen MR) is 86.4 cm³/mol. The Morgan fingerprint density at radius 3 is 2.78 bits per heavy atom. The molecule has 2 N–H and O–H groups in total. The standard InChI is InChI=1S/C15H17BrN2O5/c1-23-14(21)11-7-10(16)4-5-12(11)17-15(22)18-6-2-3-9(8-18)13(19)20/h4-5,7,9H,2-3,6,8H2,1H3,(H,17,22)(H,19,20). The maximum absolute atomic E-state index is 12.3. The fourth-order valence-corrected chi connectivity index (χ4v) is 2.82. The number of esters is 1. The van der Waals surface area contributed by atoms with Crippen molar-refractivity contribution in [2.75, 3.05) is 25.5 Å². The number of urea groups is 1. The van der Waals surface area contributed by atoms with E-state index in [1.807, 2.05) is 0 Å². The van der Waals surface area contributed by atoms with Crippen LogP contribution in [0.4, 0.5) is 10.5 Å². The van der Waals surface area contributed by atoms with Crippen LogP contribution in [-0.4, -0.2) is 48.2 Å². The van der Waals surface area contributed by atoms with Crippen LogP contribution in [0.2, 0.25) is 0 Å². The molecule has 1 fully saturated rings. The molecule has 0 spiro atoms. The van der Waals surface area contributed by atoms with E-state index in [2.05, 4.69) is 21.2 Å². The summed E-state index contributed by atoms with van der Waals surface area (Å²) in [6.45, 7) is 0.644. The lowest BCUT2D eigenvalue weighted by atomic mass is 9.99. The van der Waals surface area contributed by atoms with Gasteiger partial charge in [0.15, 0.2) is 0 Å². The van der Waals surface area contributed by atoms with Crippen molar-refractivity contribution in [3.8, 4) is 0 Å². The number of carboxylic acid groups (broad SMARTS) is 1. The smallest absolute Gasteiger partial charge is 0.340 e. The first kappa shape index (κ1) is 17.3. The molecule has 1 atom stereocenters. The number of piperidine rings is 1. The number of anilines is 1. The van der Waals surface area contributed by atoms with Crippen LogP contribution in [0.15, 0.2) is 22.7 Å². The molecule has 2 rings (SSSR count). The van der Waals surface area contributed by atoms with Crippen molar-refractivity contribution in [2.45, 2.75) is 12.8 Å². The molecule has 1 heterocycles. The highest BCUT2D eigenvalue weighted by Gasteiger charge is 2.28. The third-order valence-corrected chi connectivity index (χ3v) is 4.18. The van der Waals surface area contributed by atoms with Gasteiger partial charge >= 0.3 is 18.0 Å². The first-order chi connectivity index (χ1) is 10.9. The zero-order chi connectivity index (χ0) is 17.0. The van der Waals surface area contributed by atoms with E-state index < -0.39 is 23.9 Å². The molecule has 2 amide bonds. The normalized spacial score (nSPS) is 17.5. The fraction of sp³-hybridized carbons (Fsp3) is 0.400. The van der Waals surface area contributed by atoms with Crippen molar-refractivity contribution in [1.29, 1.82) is 0 Å². The van der Waals surface area contributed by atoms with Gasteiger partial charge in [-0.25, -0.2) is 9.59 Å². The third-order valence-electron chi connectivity index (χ3n) is 3.69. The second-order valence-corrected chi connectivity index (χ2v) is 6.15. The Morgan fingerprint density at radius 1 is 1.39 bits per heavy atom. The number of carbonyl (C=O) groups is 3. The highest BCUT2D eigenvalue weighted by Crippen LogP contribution is 2.23. The summed E-state index contributed by atoms with van der Waals surface area (Å²) in [4.78, 5) is 36.7. The van der Waals surface area contributed by atoms with Gasteiger partial charge in [0.25, 0.3) is 0 Å². The molecule has 0 aromatic heterocycles. The highest BCUT2D eigenvalue weighted by molar-refractivity contribution is 9.10. The fourth-order valence-electron chi connectivity index (χ4n) is 2.46. The molecule has 0 aliphatic carbocycles. The Morgan fingerprint density at radius 2 is 2.13 bits per heavy atom. The number of aliphatic carboxylic acids is 1. The van der Waals surface area contributed by atoms with E-state index in [4.69, 9.17) is 9.84 Å². The van der Waals surface area contributed by atoms with Crippen LogP contribution in [0.25, 0.3) is 0 Å². The molecule has 1 aliphatic rings. The van der Waals surface area contributed by atoms with Gasteiger partial charge in [-0.3, -0.25) is 4.79 Å². The summed E-state index contributed by atoms with van der Waals surface area (Å²) in [6, 6.07) is 4.41. The van der Waals surface area contributed by atoms with Crippen LogP contribution < -0.4 is 5.32 Å². The molecule has 1 aromatic rings. The van der Waals surface area contributed by atoms with Crippen LogP contribution in [0.3, 0.4) is 0 Å². The first-order valence-corrected chi connectivity index (χ1v) is 7.88. The summed E-state index contributed by atoms with van der Waals surface area (Å²) in [5.74, 6) is -2.02. The van der Waals surface area contributed by atoms with Crippen LogP contribution in [0.5, 0.6) is 0 Å². The van der Waals surface area contributed by atoms with E-state index >= 15 is 0 Å². The Hall–Kier alpha value is -2.09. The summed E-state index contributed by atoms with van der Waals surface area (Å²) < 4.78 is 5.39. The maximum Gasteiger partial charge on any atom is 0.340 e. The molecule has 1 aliphatic heterocycles. The minimum absolute atomic E-state index is 0.158. The van der Waals surface area contributed by atoms with Crippen molar-refractivity contribution in [3.63, 3.8) is 0 Å². The number of hydrogen-bond donors (Lipinski definition) is 2. The minimum Gasteiger partial charge on any atom is -0.481 e. The number of amides is 2. The second-order valence-electron chi connectivity index (χ2n) is 5.24. The number of carbonyl (C=O) groups excluding carboxylic acids is 2. The number of rotatable bonds is 3. The lowest BCUT2D eigenvalue weighted by Gasteiger charge is -2.30. The molecule has 0 bridgehead atoms. The van der Waals surface area contributed by atoms with E-state index in [-0.39, 0.29) is 12.1 Å². The van der Waals surface area contributed by atoms with Gasteiger partial charge in [0.05, 0.1) is 24.3 Å². The minimum atomic E-state index is -0.901. The van der Waals surface area contributed by atoms with Gasteiger partial charge in [0.2, 0.25) is 0 Å². The first-order valence-electron chi connectivity index (χ1n) is 7.09. The maximum atomic E-state index is 12.3. The summed E-state index contributed by atoms with van der Waals surface area (Å²) >= 11 is 3.26. The molecular weight excluding hydrogens is 368 g/mol. The van der Waals surface area contributed by atoms with Crippen LogP contribution in [0.1, 0.15) is 23.2 Å². The quantitative estimate of drug-likeness (QED) is 0.780. The molecule has 0 radical (unpaired) electrons. The molecule has 8 heteroatoms. The number of nitrogens with one attached hydrogen (secondary N) is 1. The van der Waals surface area contributed by atoms with E-state index in [9.17, 15) is 14.4 Å². The number of likely N-dealkylation sites (tertiary alicyclic amines) is 1. The Kier molecular flexibility index (Phi) is 5.59. The number of benzene rings is 1. The van der Waals surface area contributed by atoms with E-state index in [1.165, 1.54) is 12.0 Å². The average molecular weight is 385 g/mol. The van der Waals surface area contributed by atoms with E-state index in [1.54, 1.807) is 18.2 Å². The Labute approximate surface area is 141 Å². The van der Waals surface area contributed by atoms with Crippen molar-refractivity contribution >= 4 is 39.6 Å². The SMILES string of the molecule is COC(=O)c1cc(Br)ccc1NC(=O)N1CCCC(C(=O)O)C1. The molecule has 124 valence electrons. The summed E-state index contributed by atoms with van der Waals surface area (Å²) in [6.07, 6.45) is 1.19. The third kappa shape index (κ3) is 4.22. The van der Waals surface area contributed by atoms with Gasteiger partial charge in [-0.05, 0) is 31.0 Å². The molecule has 1 saturated heterocycles. The molecule has 0 saturated carbocycles. The summed E-state index contributed by atoms with van der Waals surface area (Å²) in [5, 5.41) is 11.7. The van der Waals surface area contributed by atoms with Crippen molar-refractivity contribution in [2.24, 2.45) is 5.92 Å². The van der Waals surface area contributed by atoms with Crippen molar-refractivity contribution < 1.29 is 24.2 Å². The average Bonchev–Trinajstić information content (AvgIpc) is 2.55. The number of carboxylic acids is 1. The van der Waals surface area contributed by atoms with Gasteiger partial charge in [-0.2, -0.15) is 0 Å². The topological polar surface area (TPSA) is 95.9 Å². The van der Waals surface area contributed by atoms with Gasteiger partial charge in [-0.15, -0.1) is 0 Å². The van der Waals surface area contributed by atoms with Crippen molar-refractivity contribution in [3.05, 3.63) is 28.2 Å². The Bertz CT molecular complexity index is 634. The van der Waals surface area contributed by atoms with E-state index in [0.29, 0.717) is 29.5 Å². The van der Waals surface area contributed by atoms with Gasteiger partial charge in [0, 0.05) is 17.6 Å². The summed E-state index contributed by atoms with van der Waals surface area (Å²) in [5.41, 5.74) is 0.546. The number of methoxy groups -OCH3 is 1.